The van der Waals surface area contributed by atoms with Gasteiger partial charge >= 0.3 is 0 Å². The average molecular weight is 183 g/mol. The molecular weight excluding hydrogens is 162 g/mol. The summed E-state index contributed by atoms with van der Waals surface area (Å²) in [7, 11) is 0. The van der Waals surface area contributed by atoms with Gasteiger partial charge in [-0.2, -0.15) is 0 Å². The SMILES string of the molecule is CCCCN(CC)C(=O)C=C(C)C. The van der Waals surface area contributed by atoms with Gasteiger partial charge in [0.25, 0.3) is 0 Å². The molecule has 0 saturated heterocycles. The van der Waals surface area contributed by atoms with Crippen LogP contribution in [-0.2, 0) is 4.79 Å². The molecule has 2 heteroatoms. The number of hydrogen-bond donors (Lipinski definition) is 0. The summed E-state index contributed by atoms with van der Waals surface area (Å²) < 4.78 is 0. The Morgan fingerprint density at radius 3 is 2.31 bits per heavy atom. The smallest absolute Gasteiger partial charge is 0.246 e. The molecule has 0 aromatic rings. The van der Waals surface area contributed by atoms with Crippen molar-refractivity contribution in [2.75, 3.05) is 13.1 Å². The van der Waals surface area contributed by atoms with Gasteiger partial charge in [0.1, 0.15) is 0 Å². The van der Waals surface area contributed by atoms with Crippen LogP contribution >= 0.6 is 0 Å². The molecule has 0 radical (unpaired) electrons. The molecule has 0 heterocycles. The highest BCUT2D eigenvalue weighted by molar-refractivity contribution is 5.88. The van der Waals surface area contributed by atoms with Crippen LogP contribution in [0.4, 0.5) is 0 Å². The first-order valence-electron chi connectivity index (χ1n) is 5.05. The van der Waals surface area contributed by atoms with Gasteiger partial charge in [0.15, 0.2) is 0 Å². The molecule has 0 aliphatic heterocycles. The lowest BCUT2D eigenvalue weighted by atomic mass is 10.2. The Bertz CT molecular complexity index is 181. The van der Waals surface area contributed by atoms with Crippen LogP contribution in [-0.4, -0.2) is 23.9 Å². The molecular formula is C11H21NO. The molecule has 0 aliphatic carbocycles. The molecule has 0 aromatic heterocycles. The van der Waals surface area contributed by atoms with Crippen LogP contribution < -0.4 is 0 Å². The molecule has 0 bridgehead atoms. The first-order valence-corrected chi connectivity index (χ1v) is 5.05. The highest BCUT2D eigenvalue weighted by Crippen LogP contribution is 1.99. The molecule has 0 N–H and O–H groups in total. The number of allylic oxidation sites excluding steroid dienone is 1. The van der Waals surface area contributed by atoms with Crippen LogP contribution in [0.1, 0.15) is 40.5 Å². The van der Waals surface area contributed by atoms with Crippen LogP contribution in [0.15, 0.2) is 11.6 Å². The van der Waals surface area contributed by atoms with E-state index in [1.54, 1.807) is 6.08 Å². The third kappa shape index (κ3) is 5.45. The summed E-state index contributed by atoms with van der Waals surface area (Å²) in [6.07, 6.45) is 3.94. The number of rotatable bonds is 5. The quantitative estimate of drug-likeness (QED) is 0.600. The van der Waals surface area contributed by atoms with Gasteiger partial charge in [0, 0.05) is 19.2 Å². The van der Waals surface area contributed by atoms with Crippen molar-refractivity contribution in [1.82, 2.24) is 4.90 Å². The van der Waals surface area contributed by atoms with Gasteiger partial charge in [-0.1, -0.05) is 18.9 Å². The Balaban J connectivity index is 4.07. The second-order valence-electron chi connectivity index (χ2n) is 3.49. The Hall–Kier alpha value is -0.790. The second kappa shape index (κ2) is 6.70. The second-order valence-corrected chi connectivity index (χ2v) is 3.49. The number of unbranched alkanes of at least 4 members (excludes halogenated alkanes) is 1. The monoisotopic (exact) mass is 183 g/mol. The lowest BCUT2D eigenvalue weighted by Crippen LogP contribution is -2.30. The summed E-state index contributed by atoms with van der Waals surface area (Å²) in [6.45, 7) is 9.75. The van der Waals surface area contributed by atoms with Gasteiger partial charge in [-0.3, -0.25) is 4.79 Å². The van der Waals surface area contributed by atoms with Crippen molar-refractivity contribution in [1.29, 1.82) is 0 Å². The van der Waals surface area contributed by atoms with E-state index in [9.17, 15) is 4.79 Å². The molecule has 1 amide bonds. The summed E-state index contributed by atoms with van der Waals surface area (Å²) >= 11 is 0. The topological polar surface area (TPSA) is 20.3 Å². The molecule has 0 unspecified atom stereocenters. The number of amides is 1. The lowest BCUT2D eigenvalue weighted by molar-refractivity contribution is -0.125. The number of likely N-dealkylation sites (N-methyl/N-ethyl adjacent to an activating group) is 1. The molecule has 0 rings (SSSR count). The number of nitrogens with zero attached hydrogens (tertiary/aromatic N) is 1. The van der Waals surface area contributed by atoms with Gasteiger partial charge in [-0.15, -0.1) is 0 Å². The molecule has 0 atom stereocenters. The third-order valence-electron chi connectivity index (χ3n) is 1.89. The van der Waals surface area contributed by atoms with Crippen LogP contribution in [0.5, 0.6) is 0 Å². The fourth-order valence-electron chi connectivity index (χ4n) is 1.11. The highest BCUT2D eigenvalue weighted by atomic mass is 16.2. The summed E-state index contributed by atoms with van der Waals surface area (Å²) in [4.78, 5) is 13.4. The molecule has 0 saturated carbocycles. The third-order valence-corrected chi connectivity index (χ3v) is 1.89. The Kier molecular flexibility index (Phi) is 6.29. The fourth-order valence-corrected chi connectivity index (χ4v) is 1.11. The maximum absolute atomic E-state index is 11.5. The Morgan fingerprint density at radius 1 is 1.31 bits per heavy atom. The van der Waals surface area contributed by atoms with E-state index in [2.05, 4.69) is 6.92 Å². The lowest BCUT2D eigenvalue weighted by Gasteiger charge is -2.18. The van der Waals surface area contributed by atoms with Crippen LogP contribution in [0.25, 0.3) is 0 Å². The van der Waals surface area contributed by atoms with Gasteiger partial charge in [-0.05, 0) is 27.2 Å². The molecule has 0 fully saturated rings. The van der Waals surface area contributed by atoms with Gasteiger partial charge in [0.2, 0.25) is 5.91 Å². The maximum atomic E-state index is 11.5. The molecule has 0 aliphatic rings. The van der Waals surface area contributed by atoms with Crippen molar-refractivity contribution >= 4 is 5.91 Å². The van der Waals surface area contributed by atoms with Crippen LogP contribution in [0, 0.1) is 0 Å². The number of carbonyl (C=O) groups excluding carboxylic acids is 1. The van der Waals surface area contributed by atoms with Crippen molar-refractivity contribution in [3.8, 4) is 0 Å². The zero-order valence-corrected chi connectivity index (χ0v) is 9.26. The van der Waals surface area contributed by atoms with E-state index < -0.39 is 0 Å². The van der Waals surface area contributed by atoms with Crippen molar-refractivity contribution in [2.45, 2.75) is 40.5 Å². The zero-order chi connectivity index (χ0) is 10.3. The Morgan fingerprint density at radius 2 is 1.92 bits per heavy atom. The average Bonchev–Trinajstić information content (AvgIpc) is 2.04. The van der Waals surface area contributed by atoms with Gasteiger partial charge in [0.05, 0.1) is 0 Å². The first kappa shape index (κ1) is 12.2. The molecule has 0 aromatic carbocycles. The Labute approximate surface area is 81.6 Å². The molecule has 0 spiro atoms. The minimum atomic E-state index is 0.149. The summed E-state index contributed by atoms with van der Waals surface area (Å²) in [6, 6.07) is 0. The van der Waals surface area contributed by atoms with Gasteiger partial charge in [-0.25, -0.2) is 0 Å². The van der Waals surface area contributed by atoms with Crippen molar-refractivity contribution in [3.05, 3.63) is 11.6 Å². The minimum absolute atomic E-state index is 0.149. The van der Waals surface area contributed by atoms with Crippen LogP contribution in [0.3, 0.4) is 0 Å². The highest BCUT2D eigenvalue weighted by Gasteiger charge is 2.06. The van der Waals surface area contributed by atoms with E-state index in [4.69, 9.17) is 0 Å². The van der Waals surface area contributed by atoms with Gasteiger partial charge < -0.3 is 4.90 Å². The molecule has 76 valence electrons. The zero-order valence-electron chi connectivity index (χ0n) is 9.26. The fraction of sp³-hybridized carbons (Fsp3) is 0.727. The standard InChI is InChI=1S/C11H21NO/c1-5-7-8-12(6-2)11(13)9-10(3)4/h9H,5-8H2,1-4H3. The van der Waals surface area contributed by atoms with Crippen molar-refractivity contribution in [2.24, 2.45) is 0 Å². The largest absolute Gasteiger partial charge is 0.339 e. The van der Waals surface area contributed by atoms with E-state index in [1.807, 2.05) is 25.7 Å². The summed E-state index contributed by atoms with van der Waals surface area (Å²) in [5, 5.41) is 0. The van der Waals surface area contributed by atoms with E-state index in [1.165, 1.54) is 0 Å². The predicted molar refractivity (Wildman–Crippen MR) is 56.6 cm³/mol. The minimum Gasteiger partial charge on any atom is -0.339 e. The number of hydrogen-bond acceptors (Lipinski definition) is 1. The van der Waals surface area contributed by atoms with E-state index in [0.717, 1.165) is 31.5 Å². The summed E-state index contributed by atoms with van der Waals surface area (Å²) in [5.41, 5.74) is 1.07. The van der Waals surface area contributed by atoms with Crippen molar-refractivity contribution < 1.29 is 4.79 Å². The van der Waals surface area contributed by atoms with E-state index in [-0.39, 0.29) is 5.91 Å². The van der Waals surface area contributed by atoms with E-state index >= 15 is 0 Å². The predicted octanol–water partition coefficient (Wildman–Crippen LogP) is 2.60. The molecule has 13 heavy (non-hydrogen) atoms. The summed E-state index contributed by atoms with van der Waals surface area (Å²) in [5.74, 6) is 0.149. The van der Waals surface area contributed by atoms with Crippen LogP contribution in [0.2, 0.25) is 0 Å². The molecule has 2 nitrogen and oxygen atoms in total. The first-order chi connectivity index (χ1) is 6.11. The number of carbonyl (C=O) groups is 1. The van der Waals surface area contributed by atoms with Crippen molar-refractivity contribution in [3.63, 3.8) is 0 Å². The van der Waals surface area contributed by atoms with E-state index in [0.29, 0.717) is 0 Å². The maximum Gasteiger partial charge on any atom is 0.246 e. The normalized spacial score (nSPS) is 9.54.